The van der Waals surface area contributed by atoms with E-state index in [9.17, 15) is 0 Å². The van der Waals surface area contributed by atoms with Crippen molar-refractivity contribution in [3.05, 3.63) is 28.2 Å². The van der Waals surface area contributed by atoms with Gasteiger partial charge in [0.05, 0.1) is 11.1 Å². The van der Waals surface area contributed by atoms with Crippen molar-refractivity contribution in [3.8, 4) is 5.75 Å². The number of nitrogens with two attached hydrogens (primary N) is 1. The maximum absolute atomic E-state index is 6.05. The van der Waals surface area contributed by atoms with Gasteiger partial charge in [-0.05, 0) is 66.2 Å². The molecule has 0 aromatic heterocycles. The van der Waals surface area contributed by atoms with Crippen LogP contribution in [0, 0.1) is 5.92 Å². The molecule has 2 nitrogen and oxygen atoms in total. The van der Waals surface area contributed by atoms with Crippen molar-refractivity contribution in [2.45, 2.75) is 32.2 Å². The molecule has 0 spiro atoms. The molecule has 2 rings (SSSR count). The van der Waals surface area contributed by atoms with Gasteiger partial charge in [0.25, 0.3) is 0 Å². The van der Waals surface area contributed by atoms with Gasteiger partial charge in [-0.2, -0.15) is 0 Å². The zero-order chi connectivity index (χ0) is 11.8. The first-order valence-electron chi connectivity index (χ1n) is 5.68. The summed E-state index contributed by atoms with van der Waals surface area (Å²) in [4.78, 5) is 0. The number of benzene rings is 1. The average Bonchev–Trinajstić information content (AvgIpc) is 2.98. The van der Waals surface area contributed by atoms with E-state index in [1.165, 1.54) is 12.8 Å². The normalized spacial score (nSPS) is 16.2. The third-order valence-corrected chi connectivity index (χ3v) is 3.47. The van der Waals surface area contributed by atoms with Crippen molar-refractivity contribution >= 4 is 15.9 Å². The molecule has 0 unspecified atom stereocenters. The van der Waals surface area contributed by atoms with Gasteiger partial charge < -0.3 is 10.5 Å². The maximum Gasteiger partial charge on any atom is 0.133 e. The molecule has 0 radical (unpaired) electrons. The van der Waals surface area contributed by atoms with E-state index in [1.807, 2.05) is 32.0 Å². The first kappa shape index (κ1) is 11.9. The molecule has 0 amide bonds. The highest BCUT2D eigenvalue weighted by Crippen LogP contribution is 2.33. The average molecular weight is 284 g/mol. The number of halogens is 1. The van der Waals surface area contributed by atoms with Crippen molar-refractivity contribution in [1.29, 1.82) is 0 Å². The predicted molar refractivity (Wildman–Crippen MR) is 69.6 cm³/mol. The van der Waals surface area contributed by atoms with Gasteiger partial charge in [0, 0.05) is 5.54 Å². The summed E-state index contributed by atoms with van der Waals surface area (Å²) >= 11 is 3.53. The molecule has 1 aromatic carbocycles. The second kappa shape index (κ2) is 4.38. The minimum absolute atomic E-state index is 0.308. The van der Waals surface area contributed by atoms with Gasteiger partial charge in [0.15, 0.2) is 0 Å². The van der Waals surface area contributed by atoms with E-state index in [-0.39, 0.29) is 5.54 Å². The molecule has 0 bridgehead atoms. The molecule has 1 fully saturated rings. The summed E-state index contributed by atoms with van der Waals surface area (Å²) in [6, 6.07) is 6.08. The molecular formula is C13H18BrNO. The SMILES string of the molecule is CC(C)(N)c1ccc(OCC2CC2)c(Br)c1. The lowest BCUT2D eigenvalue weighted by atomic mass is 9.96. The molecule has 2 N–H and O–H groups in total. The zero-order valence-electron chi connectivity index (χ0n) is 9.79. The molecule has 3 heteroatoms. The Hall–Kier alpha value is -0.540. The van der Waals surface area contributed by atoms with Crippen molar-refractivity contribution in [3.63, 3.8) is 0 Å². The van der Waals surface area contributed by atoms with Gasteiger partial charge in [0.1, 0.15) is 5.75 Å². The fraction of sp³-hybridized carbons (Fsp3) is 0.538. The van der Waals surface area contributed by atoms with Crippen molar-refractivity contribution < 1.29 is 4.74 Å². The van der Waals surface area contributed by atoms with Crippen LogP contribution in [0.3, 0.4) is 0 Å². The molecule has 0 heterocycles. The van der Waals surface area contributed by atoms with Gasteiger partial charge in [0.2, 0.25) is 0 Å². The lowest BCUT2D eigenvalue weighted by Gasteiger charge is -2.20. The fourth-order valence-electron chi connectivity index (χ4n) is 1.51. The largest absolute Gasteiger partial charge is 0.492 e. The van der Waals surface area contributed by atoms with Crippen molar-refractivity contribution in [2.75, 3.05) is 6.61 Å². The number of rotatable bonds is 4. The van der Waals surface area contributed by atoms with Gasteiger partial charge in [-0.15, -0.1) is 0 Å². The summed E-state index contributed by atoms with van der Waals surface area (Å²) in [7, 11) is 0. The third-order valence-electron chi connectivity index (χ3n) is 2.85. The standard InChI is InChI=1S/C13H18BrNO/c1-13(2,15)10-5-6-12(11(14)7-10)16-8-9-3-4-9/h5-7,9H,3-4,8,15H2,1-2H3. The first-order chi connectivity index (χ1) is 7.47. The zero-order valence-corrected chi connectivity index (χ0v) is 11.4. The summed E-state index contributed by atoms with van der Waals surface area (Å²) in [6.07, 6.45) is 2.62. The monoisotopic (exact) mass is 283 g/mol. The Morgan fingerprint density at radius 3 is 2.62 bits per heavy atom. The van der Waals surface area contributed by atoms with Crippen LogP contribution >= 0.6 is 15.9 Å². The summed E-state index contributed by atoms with van der Waals surface area (Å²) in [5, 5.41) is 0. The van der Waals surface area contributed by atoms with Crippen LogP contribution < -0.4 is 10.5 Å². The lowest BCUT2D eigenvalue weighted by molar-refractivity contribution is 0.297. The Labute approximate surface area is 105 Å². The van der Waals surface area contributed by atoms with Crippen LogP contribution in [0.25, 0.3) is 0 Å². The van der Waals surface area contributed by atoms with Crippen LogP contribution in [0.5, 0.6) is 5.75 Å². The molecule has 16 heavy (non-hydrogen) atoms. The summed E-state index contributed by atoms with van der Waals surface area (Å²) in [5.41, 5.74) is 6.85. The summed E-state index contributed by atoms with van der Waals surface area (Å²) < 4.78 is 6.73. The Morgan fingerprint density at radius 2 is 2.12 bits per heavy atom. The predicted octanol–water partition coefficient (Wildman–Crippen LogP) is 3.43. The van der Waals surface area contributed by atoms with Gasteiger partial charge in [-0.3, -0.25) is 0 Å². The van der Waals surface area contributed by atoms with E-state index < -0.39 is 0 Å². The number of hydrogen-bond donors (Lipinski definition) is 1. The molecule has 1 aliphatic carbocycles. The maximum atomic E-state index is 6.05. The Morgan fingerprint density at radius 1 is 1.44 bits per heavy atom. The fourth-order valence-corrected chi connectivity index (χ4v) is 2.00. The van der Waals surface area contributed by atoms with E-state index in [2.05, 4.69) is 15.9 Å². The highest BCUT2D eigenvalue weighted by molar-refractivity contribution is 9.10. The van der Waals surface area contributed by atoms with Crippen LogP contribution in [-0.2, 0) is 5.54 Å². The van der Waals surface area contributed by atoms with Gasteiger partial charge in [-0.25, -0.2) is 0 Å². The second-order valence-electron chi connectivity index (χ2n) is 5.12. The minimum atomic E-state index is -0.308. The molecule has 1 saturated carbocycles. The topological polar surface area (TPSA) is 35.2 Å². The van der Waals surface area contributed by atoms with E-state index in [1.54, 1.807) is 0 Å². The van der Waals surface area contributed by atoms with Gasteiger partial charge >= 0.3 is 0 Å². The highest BCUT2D eigenvalue weighted by Gasteiger charge is 2.22. The molecule has 88 valence electrons. The molecular weight excluding hydrogens is 266 g/mol. The summed E-state index contributed by atoms with van der Waals surface area (Å²) in [6.45, 7) is 4.84. The Bertz CT molecular complexity index is 380. The smallest absolute Gasteiger partial charge is 0.133 e. The molecule has 0 saturated heterocycles. The third kappa shape index (κ3) is 2.98. The quantitative estimate of drug-likeness (QED) is 0.919. The number of hydrogen-bond acceptors (Lipinski definition) is 2. The Balaban J connectivity index is 2.09. The number of ether oxygens (including phenoxy) is 1. The Kier molecular flexibility index (Phi) is 3.27. The lowest BCUT2D eigenvalue weighted by Crippen LogP contribution is -2.28. The van der Waals surface area contributed by atoms with Crippen LogP contribution in [0.1, 0.15) is 32.3 Å². The van der Waals surface area contributed by atoms with Crippen LogP contribution in [0.4, 0.5) is 0 Å². The van der Waals surface area contributed by atoms with Crippen molar-refractivity contribution in [1.82, 2.24) is 0 Å². The second-order valence-corrected chi connectivity index (χ2v) is 5.98. The van der Waals surface area contributed by atoms with E-state index >= 15 is 0 Å². The molecule has 0 aliphatic heterocycles. The first-order valence-corrected chi connectivity index (χ1v) is 6.48. The highest BCUT2D eigenvalue weighted by atomic mass is 79.9. The van der Waals surface area contributed by atoms with Crippen LogP contribution in [-0.4, -0.2) is 6.61 Å². The van der Waals surface area contributed by atoms with E-state index in [4.69, 9.17) is 10.5 Å². The van der Waals surface area contributed by atoms with Gasteiger partial charge in [-0.1, -0.05) is 6.07 Å². The van der Waals surface area contributed by atoms with E-state index in [0.717, 1.165) is 28.3 Å². The van der Waals surface area contributed by atoms with E-state index in [0.29, 0.717) is 0 Å². The minimum Gasteiger partial charge on any atom is -0.492 e. The molecule has 1 aromatic rings. The molecule has 1 aliphatic rings. The van der Waals surface area contributed by atoms with Crippen molar-refractivity contribution in [2.24, 2.45) is 11.7 Å². The van der Waals surface area contributed by atoms with Crippen LogP contribution in [0.2, 0.25) is 0 Å². The summed E-state index contributed by atoms with van der Waals surface area (Å²) in [5.74, 6) is 1.69. The molecule has 0 atom stereocenters. The van der Waals surface area contributed by atoms with Crippen LogP contribution in [0.15, 0.2) is 22.7 Å².